The summed E-state index contributed by atoms with van der Waals surface area (Å²) in [5.74, 6) is -1.73. The predicted molar refractivity (Wildman–Crippen MR) is 69.3 cm³/mol. The van der Waals surface area contributed by atoms with E-state index < -0.39 is 11.3 Å². The summed E-state index contributed by atoms with van der Waals surface area (Å²) in [7, 11) is 0. The molecule has 19 heavy (non-hydrogen) atoms. The molecule has 108 valence electrons. The van der Waals surface area contributed by atoms with Gasteiger partial charge in [0, 0.05) is 30.5 Å². The van der Waals surface area contributed by atoms with Crippen LogP contribution in [0.25, 0.3) is 0 Å². The summed E-state index contributed by atoms with van der Waals surface area (Å²) >= 11 is 0. The molecule has 0 saturated carbocycles. The molecule has 1 N–H and O–H groups in total. The van der Waals surface area contributed by atoms with Crippen LogP contribution in [0.3, 0.4) is 0 Å². The van der Waals surface area contributed by atoms with Crippen molar-refractivity contribution < 1.29 is 13.3 Å². The molecule has 1 aromatic heterocycles. The topological polar surface area (TPSA) is 38.1 Å². The highest BCUT2D eigenvalue weighted by Gasteiger charge is 2.41. The first kappa shape index (κ1) is 14.4. The molecule has 2 rings (SSSR count). The van der Waals surface area contributed by atoms with Crippen molar-refractivity contribution in [2.75, 3.05) is 6.54 Å². The van der Waals surface area contributed by atoms with E-state index in [0.29, 0.717) is 6.54 Å². The zero-order chi connectivity index (χ0) is 14.1. The molecule has 1 heterocycles. The van der Waals surface area contributed by atoms with E-state index in [4.69, 9.17) is 4.52 Å². The van der Waals surface area contributed by atoms with Crippen molar-refractivity contribution in [3.05, 3.63) is 17.0 Å². The van der Waals surface area contributed by atoms with Crippen LogP contribution in [0.15, 0.2) is 4.52 Å². The van der Waals surface area contributed by atoms with E-state index >= 15 is 0 Å². The Hall–Kier alpha value is -0.970. The van der Waals surface area contributed by atoms with Gasteiger partial charge in [-0.05, 0) is 26.2 Å². The lowest BCUT2D eigenvalue weighted by Gasteiger charge is -2.31. The molecule has 0 bridgehead atoms. The van der Waals surface area contributed by atoms with Gasteiger partial charge >= 0.3 is 0 Å². The fraction of sp³-hybridized carbons (Fsp3) is 0.786. The minimum absolute atomic E-state index is 0.248. The molecule has 1 aromatic rings. The van der Waals surface area contributed by atoms with Gasteiger partial charge in [0.1, 0.15) is 11.5 Å². The van der Waals surface area contributed by atoms with Gasteiger partial charge in [0.2, 0.25) is 0 Å². The Morgan fingerprint density at radius 2 is 1.89 bits per heavy atom. The molecular weight excluding hydrogens is 250 g/mol. The number of alkyl halides is 2. The number of aryl methyl sites for hydroxylation is 1. The van der Waals surface area contributed by atoms with Crippen LogP contribution in [-0.2, 0) is 19.4 Å². The molecule has 0 amide bonds. The first-order valence-corrected chi connectivity index (χ1v) is 6.86. The van der Waals surface area contributed by atoms with Gasteiger partial charge in [-0.1, -0.05) is 19.0 Å². The highest BCUT2D eigenvalue weighted by molar-refractivity contribution is 5.25. The van der Waals surface area contributed by atoms with Crippen LogP contribution in [0.5, 0.6) is 0 Å². The van der Waals surface area contributed by atoms with Crippen LogP contribution in [0, 0.1) is 5.41 Å². The first-order chi connectivity index (χ1) is 8.81. The Kier molecular flexibility index (Phi) is 3.95. The SMILES string of the molecule is CC(F)(F)C(C)(C)CNCc1noc2c1CCCC2. The Morgan fingerprint density at radius 1 is 1.21 bits per heavy atom. The second kappa shape index (κ2) is 5.19. The van der Waals surface area contributed by atoms with Crippen LogP contribution < -0.4 is 5.32 Å². The van der Waals surface area contributed by atoms with E-state index in [2.05, 4.69) is 10.5 Å². The van der Waals surface area contributed by atoms with Gasteiger partial charge in [0.25, 0.3) is 5.92 Å². The van der Waals surface area contributed by atoms with Gasteiger partial charge in [0.15, 0.2) is 0 Å². The van der Waals surface area contributed by atoms with Crippen molar-refractivity contribution in [3.63, 3.8) is 0 Å². The Balaban J connectivity index is 1.91. The van der Waals surface area contributed by atoms with E-state index in [1.807, 2.05) is 0 Å². The number of nitrogens with zero attached hydrogens (tertiary/aromatic N) is 1. The normalized spacial score (nSPS) is 16.5. The number of hydrogen-bond acceptors (Lipinski definition) is 3. The zero-order valence-electron chi connectivity index (χ0n) is 11.9. The second-order valence-corrected chi connectivity index (χ2v) is 6.11. The van der Waals surface area contributed by atoms with E-state index in [1.165, 1.54) is 5.56 Å². The second-order valence-electron chi connectivity index (χ2n) is 6.11. The molecule has 0 unspecified atom stereocenters. The fourth-order valence-electron chi connectivity index (χ4n) is 2.24. The molecule has 0 radical (unpaired) electrons. The Morgan fingerprint density at radius 3 is 2.58 bits per heavy atom. The number of halogens is 2. The number of rotatable bonds is 5. The third-order valence-electron chi connectivity index (χ3n) is 4.08. The van der Waals surface area contributed by atoms with Gasteiger partial charge in [-0.25, -0.2) is 8.78 Å². The Labute approximate surface area is 112 Å². The first-order valence-electron chi connectivity index (χ1n) is 6.86. The minimum atomic E-state index is -2.71. The minimum Gasteiger partial charge on any atom is -0.361 e. The van der Waals surface area contributed by atoms with Crippen molar-refractivity contribution in [2.45, 2.75) is 58.9 Å². The summed E-state index contributed by atoms with van der Waals surface area (Å²) in [6.45, 7) is 4.85. The van der Waals surface area contributed by atoms with Crippen LogP contribution in [0.4, 0.5) is 8.78 Å². The smallest absolute Gasteiger partial charge is 0.251 e. The molecule has 1 aliphatic rings. The number of hydrogen-bond donors (Lipinski definition) is 1. The molecule has 5 heteroatoms. The molecule has 0 aromatic carbocycles. The molecule has 0 aliphatic heterocycles. The molecule has 1 aliphatic carbocycles. The summed E-state index contributed by atoms with van der Waals surface area (Å²) in [4.78, 5) is 0. The highest BCUT2D eigenvalue weighted by atomic mass is 19.3. The third kappa shape index (κ3) is 3.14. The fourth-order valence-corrected chi connectivity index (χ4v) is 2.24. The molecule has 0 saturated heterocycles. The zero-order valence-corrected chi connectivity index (χ0v) is 11.9. The van der Waals surface area contributed by atoms with Gasteiger partial charge in [-0.15, -0.1) is 0 Å². The maximum atomic E-state index is 13.4. The van der Waals surface area contributed by atoms with Crippen molar-refractivity contribution in [3.8, 4) is 0 Å². The largest absolute Gasteiger partial charge is 0.361 e. The Bertz CT molecular complexity index is 435. The summed E-state index contributed by atoms with van der Waals surface area (Å²) in [6.07, 6.45) is 4.23. The van der Waals surface area contributed by atoms with E-state index in [1.54, 1.807) is 13.8 Å². The van der Waals surface area contributed by atoms with Gasteiger partial charge in [0.05, 0.1) is 0 Å². The summed E-state index contributed by atoms with van der Waals surface area (Å²) < 4.78 is 32.0. The van der Waals surface area contributed by atoms with Gasteiger partial charge in [-0.3, -0.25) is 0 Å². The van der Waals surface area contributed by atoms with Gasteiger partial charge in [-0.2, -0.15) is 0 Å². The van der Waals surface area contributed by atoms with Crippen molar-refractivity contribution >= 4 is 0 Å². The average molecular weight is 272 g/mol. The predicted octanol–water partition coefficient (Wildman–Crippen LogP) is 3.32. The number of aromatic nitrogens is 1. The summed E-state index contributed by atoms with van der Waals surface area (Å²) in [5.41, 5.74) is 0.987. The highest BCUT2D eigenvalue weighted by Crippen LogP contribution is 2.35. The average Bonchev–Trinajstić information content (AvgIpc) is 2.71. The molecule has 0 spiro atoms. The van der Waals surface area contributed by atoms with Crippen LogP contribution in [0.2, 0.25) is 0 Å². The van der Waals surface area contributed by atoms with Crippen molar-refractivity contribution in [1.82, 2.24) is 10.5 Å². The van der Waals surface area contributed by atoms with Crippen LogP contribution >= 0.6 is 0 Å². The van der Waals surface area contributed by atoms with Crippen LogP contribution in [-0.4, -0.2) is 17.6 Å². The maximum absolute atomic E-state index is 13.4. The van der Waals surface area contributed by atoms with Gasteiger partial charge < -0.3 is 9.84 Å². The standard InChI is InChI=1S/C14H22F2N2O/c1-13(2,14(3,15)16)9-17-8-11-10-6-4-5-7-12(10)19-18-11/h17H,4-9H2,1-3H3. The monoisotopic (exact) mass is 272 g/mol. The van der Waals surface area contributed by atoms with E-state index in [9.17, 15) is 8.78 Å². The molecule has 0 atom stereocenters. The number of fused-ring (bicyclic) bond motifs is 1. The number of nitrogens with one attached hydrogen (secondary N) is 1. The molecule has 0 fully saturated rings. The summed E-state index contributed by atoms with van der Waals surface area (Å²) in [5, 5.41) is 7.14. The van der Waals surface area contributed by atoms with Crippen molar-refractivity contribution in [1.29, 1.82) is 0 Å². The lowest BCUT2D eigenvalue weighted by Crippen LogP contribution is -2.42. The third-order valence-corrected chi connectivity index (χ3v) is 4.08. The van der Waals surface area contributed by atoms with E-state index in [0.717, 1.165) is 44.1 Å². The molecular formula is C14H22F2N2O. The lowest BCUT2D eigenvalue weighted by atomic mass is 9.86. The maximum Gasteiger partial charge on any atom is 0.251 e. The van der Waals surface area contributed by atoms with E-state index in [-0.39, 0.29) is 6.54 Å². The molecule has 3 nitrogen and oxygen atoms in total. The lowest BCUT2D eigenvalue weighted by molar-refractivity contribution is -0.0869. The van der Waals surface area contributed by atoms with Crippen LogP contribution in [0.1, 0.15) is 50.6 Å². The summed E-state index contributed by atoms with van der Waals surface area (Å²) in [6, 6.07) is 0. The quantitative estimate of drug-likeness (QED) is 0.893. The van der Waals surface area contributed by atoms with Crippen molar-refractivity contribution in [2.24, 2.45) is 5.41 Å².